The summed E-state index contributed by atoms with van der Waals surface area (Å²) in [5, 5.41) is 7.51. The SMILES string of the molecule is CCNc1cc(-c2cnn(CC)c2)nc(CC)n1. The molecular weight excluding hydrogens is 226 g/mol. The molecule has 0 spiro atoms. The Labute approximate surface area is 107 Å². The summed E-state index contributed by atoms with van der Waals surface area (Å²) in [5.74, 6) is 1.73. The summed E-state index contributed by atoms with van der Waals surface area (Å²) in [6.07, 6.45) is 4.69. The number of rotatable bonds is 5. The summed E-state index contributed by atoms with van der Waals surface area (Å²) in [6.45, 7) is 7.91. The standard InChI is InChI=1S/C13H19N5/c1-4-12-16-11(7-13(17-12)14-5-2)10-8-15-18(6-3)9-10/h7-9H,4-6H2,1-3H3,(H,14,16,17). The maximum absolute atomic E-state index is 4.55. The molecular formula is C13H19N5. The Morgan fingerprint density at radius 2 is 2.06 bits per heavy atom. The first-order valence-corrected chi connectivity index (χ1v) is 6.41. The van der Waals surface area contributed by atoms with Crippen molar-refractivity contribution in [3.8, 4) is 11.3 Å². The second-order valence-corrected chi connectivity index (χ2v) is 4.02. The molecule has 18 heavy (non-hydrogen) atoms. The highest BCUT2D eigenvalue weighted by molar-refractivity contribution is 5.60. The zero-order valence-corrected chi connectivity index (χ0v) is 11.1. The highest BCUT2D eigenvalue weighted by Crippen LogP contribution is 2.19. The summed E-state index contributed by atoms with van der Waals surface area (Å²) in [5.41, 5.74) is 1.96. The zero-order valence-electron chi connectivity index (χ0n) is 11.1. The Morgan fingerprint density at radius 3 is 2.67 bits per heavy atom. The Kier molecular flexibility index (Phi) is 3.92. The van der Waals surface area contributed by atoms with Crippen LogP contribution in [0.3, 0.4) is 0 Å². The van der Waals surface area contributed by atoms with Crippen LogP contribution in [0.4, 0.5) is 5.82 Å². The van der Waals surface area contributed by atoms with Gasteiger partial charge in [0.05, 0.1) is 11.9 Å². The van der Waals surface area contributed by atoms with Crippen molar-refractivity contribution in [2.75, 3.05) is 11.9 Å². The lowest BCUT2D eigenvalue weighted by Crippen LogP contribution is -2.04. The second-order valence-electron chi connectivity index (χ2n) is 4.02. The first kappa shape index (κ1) is 12.5. The minimum absolute atomic E-state index is 0.828. The van der Waals surface area contributed by atoms with E-state index in [1.54, 1.807) is 0 Å². The summed E-state index contributed by atoms with van der Waals surface area (Å²) < 4.78 is 1.90. The molecule has 0 aromatic carbocycles. The Morgan fingerprint density at radius 1 is 1.22 bits per heavy atom. The molecule has 0 atom stereocenters. The lowest BCUT2D eigenvalue weighted by molar-refractivity contribution is 0.660. The third kappa shape index (κ3) is 2.67. The lowest BCUT2D eigenvalue weighted by Gasteiger charge is -2.06. The largest absolute Gasteiger partial charge is 0.370 e. The van der Waals surface area contributed by atoms with E-state index in [0.717, 1.165) is 42.4 Å². The van der Waals surface area contributed by atoms with E-state index < -0.39 is 0 Å². The molecule has 5 nitrogen and oxygen atoms in total. The normalized spacial score (nSPS) is 10.6. The van der Waals surface area contributed by atoms with Crippen molar-refractivity contribution in [3.05, 3.63) is 24.3 Å². The van der Waals surface area contributed by atoms with Gasteiger partial charge >= 0.3 is 0 Å². The van der Waals surface area contributed by atoms with Crippen LogP contribution in [-0.2, 0) is 13.0 Å². The first-order valence-electron chi connectivity index (χ1n) is 6.41. The van der Waals surface area contributed by atoms with E-state index in [4.69, 9.17) is 0 Å². The molecule has 0 bridgehead atoms. The van der Waals surface area contributed by atoms with E-state index in [2.05, 4.69) is 41.2 Å². The number of anilines is 1. The number of aryl methyl sites for hydroxylation is 2. The summed E-state index contributed by atoms with van der Waals surface area (Å²) in [6, 6.07) is 1.97. The average molecular weight is 245 g/mol. The van der Waals surface area contributed by atoms with Crippen LogP contribution in [0.2, 0.25) is 0 Å². The minimum Gasteiger partial charge on any atom is -0.370 e. The molecule has 0 amide bonds. The van der Waals surface area contributed by atoms with Crippen LogP contribution in [0.25, 0.3) is 11.3 Å². The number of nitrogens with zero attached hydrogens (tertiary/aromatic N) is 4. The number of aromatic nitrogens is 4. The van der Waals surface area contributed by atoms with E-state index >= 15 is 0 Å². The van der Waals surface area contributed by atoms with Crippen molar-refractivity contribution in [1.29, 1.82) is 0 Å². The molecule has 2 aromatic heterocycles. The highest BCUT2D eigenvalue weighted by Gasteiger charge is 2.07. The summed E-state index contributed by atoms with van der Waals surface area (Å²) in [7, 11) is 0. The lowest BCUT2D eigenvalue weighted by atomic mass is 10.2. The number of nitrogens with one attached hydrogen (secondary N) is 1. The fourth-order valence-electron chi connectivity index (χ4n) is 1.74. The van der Waals surface area contributed by atoms with Gasteiger partial charge in [-0.15, -0.1) is 0 Å². The fourth-order valence-corrected chi connectivity index (χ4v) is 1.74. The molecule has 96 valence electrons. The van der Waals surface area contributed by atoms with Crippen molar-refractivity contribution in [2.45, 2.75) is 33.7 Å². The van der Waals surface area contributed by atoms with Gasteiger partial charge in [-0.3, -0.25) is 4.68 Å². The fraction of sp³-hybridized carbons (Fsp3) is 0.462. The molecule has 0 aliphatic heterocycles. The molecule has 1 N–H and O–H groups in total. The molecule has 0 aliphatic carbocycles. The molecule has 2 aromatic rings. The van der Waals surface area contributed by atoms with Gasteiger partial charge in [0, 0.05) is 37.3 Å². The molecule has 5 heteroatoms. The number of hydrogen-bond acceptors (Lipinski definition) is 4. The summed E-state index contributed by atoms with van der Waals surface area (Å²) >= 11 is 0. The highest BCUT2D eigenvalue weighted by atomic mass is 15.3. The van der Waals surface area contributed by atoms with Gasteiger partial charge in [0.1, 0.15) is 11.6 Å². The molecule has 0 radical (unpaired) electrons. The minimum atomic E-state index is 0.828. The van der Waals surface area contributed by atoms with Gasteiger partial charge in [0.25, 0.3) is 0 Å². The van der Waals surface area contributed by atoms with Gasteiger partial charge in [-0.05, 0) is 13.8 Å². The van der Waals surface area contributed by atoms with Crippen LogP contribution in [0.5, 0.6) is 0 Å². The van der Waals surface area contributed by atoms with Crippen molar-refractivity contribution in [1.82, 2.24) is 19.7 Å². The van der Waals surface area contributed by atoms with Gasteiger partial charge < -0.3 is 5.32 Å². The van der Waals surface area contributed by atoms with E-state index in [1.165, 1.54) is 0 Å². The summed E-state index contributed by atoms with van der Waals surface area (Å²) in [4.78, 5) is 8.99. The molecule has 2 rings (SSSR count). The maximum Gasteiger partial charge on any atom is 0.131 e. The van der Waals surface area contributed by atoms with E-state index in [-0.39, 0.29) is 0 Å². The topological polar surface area (TPSA) is 55.6 Å². The third-order valence-electron chi connectivity index (χ3n) is 2.70. The molecule has 0 saturated carbocycles. The third-order valence-corrected chi connectivity index (χ3v) is 2.70. The predicted molar refractivity (Wildman–Crippen MR) is 72.5 cm³/mol. The van der Waals surface area contributed by atoms with Crippen LogP contribution < -0.4 is 5.32 Å². The van der Waals surface area contributed by atoms with Crippen LogP contribution in [-0.4, -0.2) is 26.3 Å². The Balaban J connectivity index is 2.39. The Bertz CT molecular complexity index is 518. The smallest absolute Gasteiger partial charge is 0.131 e. The second kappa shape index (κ2) is 5.62. The monoisotopic (exact) mass is 245 g/mol. The molecule has 0 aliphatic rings. The predicted octanol–water partition coefficient (Wildman–Crippen LogP) is 2.35. The average Bonchev–Trinajstić information content (AvgIpc) is 2.87. The van der Waals surface area contributed by atoms with Crippen molar-refractivity contribution in [3.63, 3.8) is 0 Å². The molecule has 2 heterocycles. The first-order chi connectivity index (χ1) is 8.76. The van der Waals surface area contributed by atoms with E-state index in [1.807, 2.05) is 23.1 Å². The van der Waals surface area contributed by atoms with Gasteiger partial charge in [0.15, 0.2) is 0 Å². The molecule has 0 fully saturated rings. The van der Waals surface area contributed by atoms with Crippen LogP contribution in [0.1, 0.15) is 26.6 Å². The number of hydrogen-bond donors (Lipinski definition) is 1. The van der Waals surface area contributed by atoms with E-state index in [9.17, 15) is 0 Å². The van der Waals surface area contributed by atoms with Crippen LogP contribution in [0, 0.1) is 0 Å². The molecule has 0 saturated heterocycles. The molecule has 0 unspecified atom stereocenters. The van der Waals surface area contributed by atoms with Gasteiger partial charge in [-0.1, -0.05) is 6.92 Å². The van der Waals surface area contributed by atoms with E-state index in [0.29, 0.717) is 0 Å². The van der Waals surface area contributed by atoms with Crippen LogP contribution >= 0.6 is 0 Å². The van der Waals surface area contributed by atoms with Crippen LogP contribution in [0.15, 0.2) is 18.5 Å². The quantitative estimate of drug-likeness (QED) is 0.878. The van der Waals surface area contributed by atoms with Gasteiger partial charge in [0.2, 0.25) is 0 Å². The Hall–Kier alpha value is -1.91. The maximum atomic E-state index is 4.55. The van der Waals surface area contributed by atoms with Gasteiger partial charge in [-0.2, -0.15) is 5.10 Å². The van der Waals surface area contributed by atoms with Crippen molar-refractivity contribution >= 4 is 5.82 Å². The van der Waals surface area contributed by atoms with Crippen molar-refractivity contribution < 1.29 is 0 Å². The van der Waals surface area contributed by atoms with Gasteiger partial charge in [-0.25, -0.2) is 9.97 Å². The zero-order chi connectivity index (χ0) is 13.0. The van der Waals surface area contributed by atoms with Crippen molar-refractivity contribution in [2.24, 2.45) is 0 Å².